The Morgan fingerprint density at radius 2 is 1.91 bits per heavy atom. The molecular formula is C18H28N2O3. The summed E-state index contributed by atoms with van der Waals surface area (Å²) in [5.41, 5.74) is 0.741. The van der Waals surface area contributed by atoms with Crippen LogP contribution in [0.4, 0.5) is 4.79 Å². The summed E-state index contributed by atoms with van der Waals surface area (Å²) >= 11 is 0. The molecule has 1 atom stereocenters. The third-order valence-corrected chi connectivity index (χ3v) is 3.88. The van der Waals surface area contributed by atoms with Crippen LogP contribution in [0.25, 0.3) is 0 Å². The molecule has 5 heteroatoms. The van der Waals surface area contributed by atoms with Crippen LogP contribution in [0, 0.1) is 0 Å². The molecule has 23 heavy (non-hydrogen) atoms. The largest absolute Gasteiger partial charge is 0.444 e. The second kappa shape index (κ2) is 7.79. The van der Waals surface area contributed by atoms with Crippen LogP contribution in [0.15, 0.2) is 30.3 Å². The molecular weight excluding hydrogens is 292 g/mol. The Hall–Kier alpha value is -1.59. The van der Waals surface area contributed by atoms with Crippen LogP contribution in [-0.2, 0) is 11.2 Å². The van der Waals surface area contributed by atoms with Gasteiger partial charge in [-0.25, -0.2) is 4.79 Å². The van der Waals surface area contributed by atoms with Crippen molar-refractivity contribution in [3.63, 3.8) is 0 Å². The molecule has 0 spiro atoms. The molecule has 0 saturated heterocycles. The van der Waals surface area contributed by atoms with Crippen molar-refractivity contribution >= 4 is 6.09 Å². The fourth-order valence-electron chi connectivity index (χ4n) is 2.75. The number of amides is 1. The molecule has 3 N–H and O–H groups in total. The first-order chi connectivity index (χ1) is 10.9. The molecule has 0 heterocycles. The van der Waals surface area contributed by atoms with Crippen molar-refractivity contribution in [2.75, 3.05) is 6.61 Å². The number of alkyl carbamates (subject to hydrolysis) is 1. The lowest BCUT2D eigenvalue weighted by molar-refractivity contribution is 0.0460. The summed E-state index contributed by atoms with van der Waals surface area (Å²) in [6, 6.07) is 10.7. The highest BCUT2D eigenvalue weighted by atomic mass is 16.6. The summed E-state index contributed by atoms with van der Waals surface area (Å²) < 4.78 is 5.25. The molecule has 2 rings (SSSR count). The molecule has 1 aliphatic rings. The highest BCUT2D eigenvalue weighted by Gasteiger charge is 2.32. The summed E-state index contributed by atoms with van der Waals surface area (Å²) in [5, 5.41) is 15.9. The number of aliphatic hydroxyl groups is 1. The molecule has 1 saturated carbocycles. The first kappa shape index (κ1) is 17.8. The zero-order valence-corrected chi connectivity index (χ0v) is 14.2. The molecule has 1 aromatic rings. The van der Waals surface area contributed by atoms with E-state index in [1.165, 1.54) is 5.56 Å². The Bertz CT molecular complexity index is 493. The Kier molecular flexibility index (Phi) is 6.02. The molecule has 1 aromatic carbocycles. The second-order valence-electron chi connectivity index (χ2n) is 7.25. The van der Waals surface area contributed by atoms with Gasteiger partial charge in [-0.05, 0) is 45.6 Å². The van der Waals surface area contributed by atoms with Crippen molar-refractivity contribution in [2.24, 2.45) is 0 Å². The van der Waals surface area contributed by atoms with Crippen LogP contribution in [-0.4, -0.2) is 41.5 Å². The summed E-state index contributed by atoms with van der Waals surface area (Å²) in [5.74, 6) is 0. The normalized spacial score (nSPS) is 22.1. The predicted octanol–water partition coefficient (Wildman–Crippen LogP) is 2.24. The van der Waals surface area contributed by atoms with Gasteiger partial charge in [0.25, 0.3) is 0 Å². The molecule has 0 unspecified atom stereocenters. The second-order valence-corrected chi connectivity index (χ2v) is 7.25. The van der Waals surface area contributed by atoms with Gasteiger partial charge in [0.2, 0.25) is 0 Å². The molecule has 0 aromatic heterocycles. The van der Waals surface area contributed by atoms with E-state index in [0.717, 1.165) is 19.3 Å². The van der Waals surface area contributed by atoms with E-state index in [-0.39, 0.29) is 24.8 Å². The van der Waals surface area contributed by atoms with E-state index in [2.05, 4.69) is 22.8 Å². The van der Waals surface area contributed by atoms with E-state index >= 15 is 0 Å². The average molecular weight is 320 g/mol. The van der Waals surface area contributed by atoms with Crippen molar-refractivity contribution < 1.29 is 14.6 Å². The van der Waals surface area contributed by atoms with Gasteiger partial charge in [-0.3, -0.25) is 0 Å². The molecule has 0 radical (unpaired) electrons. The fraction of sp³-hybridized carbons (Fsp3) is 0.611. The third-order valence-electron chi connectivity index (χ3n) is 3.88. The van der Waals surface area contributed by atoms with Crippen molar-refractivity contribution in [1.82, 2.24) is 10.6 Å². The van der Waals surface area contributed by atoms with Gasteiger partial charge in [-0.15, -0.1) is 0 Å². The number of aliphatic hydroxyl groups excluding tert-OH is 1. The monoisotopic (exact) mass is 320 g/mol. The highest BCUT2D eigenvalue weighted by Crippen LogP contribution is 2.21. The summed E-state index contributed by atoms with van der Waals surface area (Å²) in [6.07, 6.45) is 2.18. The number of benzene rings is 1. The van der Waals surface area contributed by atoms with E-state index in [4.69, 9.17) is 4.74 Å². The minimum atomic E-state index is -0.469. The predicted molar refractivity (Wildman–Crippen MR) is 90.3 cm³/mol. The summed E-state index contributed by atoms with van der Waals surface area (Å²) in [7, 11) is 0. The number of rotatable bonds is 6. The van der Waals surface area contributed by atoms with Crippen molar-refractivity contribution in [3.8, 4) is 0 Å². The van der Waals surface area contributed by atoms with Gasteiger partial charge in [-0.2, -0.15) is 0 Å². The van der Waals surface area contributed by atoms with Gasteiger partial charge in [0.15, 0.2) is 0 Å². The number of hydrogen-bond acceptors (Lipinski definition) is 4. The lowest BCUT2D eigenvalue weighted by Gasteiger charge is -2.38. The van der Waals surface area contributed by atoms with Gasteiger partial charge < -0.3 is 20.5 Å². The van der Waals surface area contributed by atoms with Crippen molar-refractivity contribution in [1.29, 1.82) is 0 Å². The minimum absolute atomic E-state index is 0.0462. The Morgan fingerprint density at radius 1 is 1.26 bits per heavy atom. The number of carbonyl (C=O) groups excluding carboxylic acids is 1. The molecule has 5 nitrogen and oxygen atoms in total. The maximum absolute atomic E-state index is 11.7. The standard InChI is InChI=1S/C18H28N2O3/c1-18(2,3)23-17(22)20-15-10-14(11-15)19-16(12-21)9-13-7-5-4-6-8-13/h4-8,14-16,19,21H,9-12H2,1-3H3,(H,20,22)/t14?,15?,16-/m1/s1. The van der Waals surface area contributed by atoms with Crippen molar-refractivity contribution in [2.45, 2.75) is 63.8 Å². The molecule has 0 aliphatic heterocycles. The van der Waals surface area contributed by atoms with Crippen LogP contribution in [0.1, 0.15) is 39.2 Å². The summed E-state index contributed by atoms with van der Waals surface area (Å²) in [6.45, 7) is 5.67. The SMILES string of the molecule is CC(C)(C)OC(=O)NC1CC(N[C@@H](CO)Cc2ccccc2)C1. The van der Waals surface area contributed by atoms with E-state index < -0.39 is 5.60 Å². The highest BCUT2D eigenvalue weighted by molar-refractivity contribution is 5.68. The van der Waals surface area contributed by atoms with E-state index in [0.29, 0.717) is 6.04 Å². The van der Waals surface area contributed by atoms with Crippen LogP contribution >= 0.6 is 0 Å². The maximum Gasteiger partial charge on any atom is 0.407 e. The smallest absolute Gasteiger partial charge is 0.407 e. The zero-order chi connectivity index (χ0) is 16.9. The number of ether oxygens (including phenoxy) is 1. The number of carbonyl (C=O) groups is 1. The average Bonchev–Trinajstić information content (AvgIpc) is 2.43. The topological polar surface area (TPSA) is 70.6 Å². The van der Waals surface area contributed by atoms with Crippen LogP contribution < -0.4 is 10.6 Å². The number of hydrogen-bond donors (Lipinski definition) is 3. The Labute approximate surface area is 138 Å². The zero-order valence-electron chi connectivity index (χ0n) is 14.2. The van der Waals surface area contributed by atoms with E-state index in [1.807, 2.05) is 39.0 Å². The van der Waals surface area contributed by atoms with Gasteiger partial charge in [-0.1, -0.05) is 30.3 Å². The van der Waals surface area contributed by atoms with Gasteiger partial charge >= 0.3 is 6.09 Å². The Balaban J connectivity index is 1.69. The molecule has 0 bridgehead atoms. The van der Waals surface area contributed by atoms with Gasteiger partial charge in [0.1, 0.15) is 5.60 Å². The Morgan fingerprint density at radius 3 is 2.48 bits per heavy atom. The van der Waals surface area contributed by atoms with Crippen LogP contribution in [0.5, 0.6) is 0 Å². The van der Waals surface area contributed by atoms with Crippen LogP contribution in [0.2, 0.25) is 0 Å². The molecule has 1 aliphatic carbocycles. The van der Waals surface area contributed by atoms with Gasteiger partial charge in [0, 0.05) is 18.1 Å². The fourth-order valence-corrected chi connectivity index (χ4v) is 2.75. The van der Waals surface area contributed by atoms with Gasteiger partial charge in [0.05, 0.1) is 6.61 Å². The van der Waals surface area contributed by atoms with Crippen molar-refractivity contribution in [3.05, 3.63) is 35.9 Å². The lowest BCUT2D eigenvalue weighted by Crippen LogP contribution is -2.56. The van der Waals surface area contributed by atoms with E-state index in [9.17, 15) is 9.90 Å². The third kappa shape index (κ3) is 6.20. The molecule has 1 fully saturated rings. The first-order valence-corrected chi connectivity index (χ1v) is 8.26. The minimum Gasteiger partial charge on any atom is -0.444 e. The molecule has 128 valence electrons. The maximum atomic E-state index is 11.7. The summed E-state index contributed by atoms with van der Waals surface area (Å²) in [4.78, 5) is 11.7. The van der Waals surface area contributed by atoms with E-state index in [1.54, 1.807) is 0 Å². The quantitative estimate of drug-likeness (QED) is 0.752. The van der Waals surface area contributed by atoms with Crippen LogP contribution in [0.3, 0.4) is 0 Å². The molecule has 1 amide bonds. The number of nitrogens with one attached hydrogen (secondary N) is 2. The lowest BCUT2D eigenvalue weighted by atomic mass is 9.86. The first-order valence-electron chi connectivity index (χ1n) is 8.26.